The van der Waals surface area contributed by atoms with E-state index in [1.807, 2.05) is 0 Å². The van der Waals surface area contributed by atoms with Crippen LogP contribution in [0.4, 0.5) is 0 Å². The molecule has 0 N–H and O–H groups in total. The Morgan fingerprint density at radius 2 is 1.21 bits per heavy atom. The highest BCUT2D eigenvalue weighted by atomic mass is 16.5. The van der Waals surface area contributed by atoms with Crippen molar-refractivity contribution >= 4 is 0 Å². The Balaban J connectivity index is 2.02. The molecule has 0 heterocycles. The van der Waals surface area contributed by atoms with Crippen LogP contribution in [0.1, 0.15) is 60.8 Å². The molecule has 2 nitrogen and oxygen atoms in total. The quantitative estimate of drug-likeness (QED) is 0.591. The molecule has 0 bridgehead atoms. The molecule has 0 radical (unpaired) electrons. The number of hydrogen-bond donors (Lipinski definition) is 0. The van der Waals surface area contributed by atoms with E-state index in [4.69, 9.17) is 9.47 Å². The maximum Gasteiger partial charge on any atom is 0.0713 e. The summed E-state index contributed by atoms with van der Waals surface area (Å²) in [7, 11) is 3.47. The molecule has 0 aliphatic carbocycles. The van der Waals surface area contributed by atoms with Crippen molar-refractivity contribution in [2.24, 2.45) is 0 Å². The Bertz CT molecular complexity index is 586. The van der Waals surface area contributed by atoms with Crippen molar-refractivity contribution in [3.63, 3.8) is 0 Å². The topological polar surface area (TPSA) is 18.5 Å². The fourth-order valence-corrected chi connectivity index (χ4v) is 3.26. The summed E-state index contributed by atoms with van der Waals surface area (Å²) in [6, 6.07) is 17.7. The predicted octanol–water partition coefficient (Wildman–Crippen LogP) is 5.67. The van der Waals surface area contributed by atoms with Crippen LogP contribution in [0.5, 0.6) is 0 Å². The molecule has 0 saturated heterocycles. The molecule has 0 fully saturated rings. The molecular formula is C22H30O2. The van der Waals surface area contributed by atoms with Gasteiger partial charge in [0.05, 0.1) is 13.2 Å². The van der Waals surface area contributed by atoms with Crippen molar-refractivity contribution in [3.8, 4) is 0 Å². The molecule has 2 aromatic rings. The Labute approximate surface area is 146 Å². The van der Waals surface area contributed by atoms with Crippen LogP contribution in [0.2, 0.25) is 0 Å². The molecule has 0 aliphatic rings. The molecule has 130 valence electrons. The fraction of sp³-hybridized carbons (Fsp3) is 0.455. The molecular weight excluding hydrogens is 296 g/mol. The Morgan fingerprint density at radius 1 is 0.750 bits per heavy atom. The molecule has 2 aromatic carbocycles. The lowest BCUT2D eigenvalue weighted by atomic mass is 9.84. The molecule has 0 aliphatic heterocycles. The van der Waals surface area contributed by atoms with Crippen LogP contribution in [0.25, 0.3) is 0 Å². The Kier molecular flexibility index (Phi) is 7.48. The maximum absolute atomic E-state index is 5.19. The molecule has 0 saturated carbocycles. The SMILES string of the molecule is CCC(CC(C)c1ccc(COC)cc1)c1ccc(COC)cc1. The number of benzene rings is 2. The third-order valence-corrected chi connectivity index (χ3v) is 4.75. The van der Waals surface area contributed by atoms with Gasteiger partial charge in [-0.1, -0.05) is 62.4 Å². The lowest BCUT2D eigenvalue weighted by molar-refractivity contribution is 0.185. The van der Waals surface area contributed by atoms with Crippen molar-refractivity contribution in [1.29, 1.82) is 0 Å². The monoisotopic (exact) mass is 326 g/mol. The highest BCUT2D eigenvalue weighted by molar-refractivity contribution is 5.28. The highest BCUT2D eigenvalue weighted by Crippen LogP contribution is 2.32. The molecule has 0 amide bonds. The fourth-order valence-electron chi connectivity index (χ4n) is 3.26. The standard InChI is InChI=1S/C22H30O2/c1-5-20(22-12-8-19(9-13-22)16-24-4)14-17(2)21-10-6-18(7-11-21)15-23-3/h6-13,17,20H,5,14-16H2,1-4H3. The van der Waals surface area contributed by atoms with E-state index in [0.29, 0.717) is 25.0 Å². The number of rotatable bonds is 9. The van der Waals surface area contributed by atoms with E-state index in [-0.39, 0.29) is 0 Å². The second-order valence-corrected chi connectivity index (χ2v) is 6.59. The summed E-state index contributed by atoms with van der Waals surface area (Å²) in [5, 5.41) is 0. The third-order valence-electron chi connectivity index (χ3n) is 4.75. The van der Waals surface area contributed by atoms with E-state index in [0.717, 1.165) is 6.42 Å². The van der Waals surface area contributed by atoms with E-state index in [1.165, 1.54) is 28.7 Å². The Hall–Kier alpha value is -1.64. The number of ether oxygens (including phenoxy) is 2. The average molecular weight is 326 g/mol. The van der Waals surface area contributed by atoms with Crippen LogP contribution in [-0.2, 0) is 22.7 Å². The zero-order valence-electron chi connectivity index (χ0n) is 15.4. The predicted molar refractivity (Wildman–Crippen MR) is 100 cm³/mol. The van der Waals surface area contributed by atoms with Gasteiger partial charge in [0, 0.05) is 14.2 Å². The van der Waals surface area contributed by atoms with Crippen LogP contribution >= 0.6 is 0 Å². The van der Waals surface area contributed by atoms with Crippen molar-refractivity contribution in [3.05, 3.63) is 70.8 Å². The number of hydrogen-bond acceptors (Lipinski definition) is 2. The first-order valence-electron chi connectivity index (χ1n) is 8.83. The lowest BCUT2D eigenvalue weighted by Crippen LogP contribution is -2.04. The first-order valence-corrected chi connectivity index (χ1v) is 8.83. The van der Waals surface area contributed by atoms with Gasteiger partial charge in [-0.2, -0.15) is 0 Å². The van der Waals surface area contributed by atoms with Crippen LogP contribution in [0, 0.1) is 0 Å². The minimum absolute atomic E-state index is 0.546. The van der Waals surface area contributed by atoms with E-state index in [9.17, 15) is 0 Å². The number of methoxy groups -OCH3 is 2. The maximum atomic E-state index is 5.19. The summed E-state index contributed by atoms with van der Waals surface area (Å²) in [5.41, 5.74) is 5.30. The lowest BCUT2D eigenvalue weighted by Gasteiger charge is -2.21. The van der Waals surface area contributed by atoms with Gasteiger partial charge in [0.25, 0.3) is 0 Å². The first-order chi connectivity index (χ1) is 11.7. The summed E-state index contributed by atoms with van der Waals surface area (Å²) >= 11 is 0. The van der Waals surface area contributed by atoms with E-state index < -0.39 is 0 Å². The Morgan fingerprint density at radius 3 is 1.62 bits per heavy atom. The van der Waals surface area contributed by atoms with E-state index >= 15 is 0 Å². The molecule has 2 unspecified atom stereocenters. The molecule has 0 aromatic heterocycles. The molecule has 2 heteroatoms. The summed E-state index contributed by atoms with van der Waals surface area (Å²) in [6.07, 6.45) is 2.33. The van der Waals surface area contributed by atoms with Gasteiger partial charge in [0.2, 0.25) is 0 Å². The second kappa shape index (κ2) is 9.61. The normalized spacial score (nSPS) is 13.7. The molecule has 2 rings (SSSR count). The van der Waals surface area contributed by atoms with Crippen molar-refractivity contribution in [1.82, 2.24) is 0 Å². The molecule has 2 atom stereocenters. The van der Waals surface area contributed by atoms with Crippen molar-refractivity contribution < 1.29 is 9.47 Å². The zero-order chi connectivity index (χ0) is 17.4. The average Bonchev–Trinajstić information content (AvgIpc) is 2.61. The van der Waals surface area contributed by atoms with Crippen LogP contribution in [-0.4, -0.2) is 14.2 Å². The molecule has 0 spiro atoms. The smallest absolute Gasteiger partial charge is 0.0713 e. The van der Waals surface area contributed by atoms with Gasteiger partial charge in [0.1, 0.15) is 0 Å². The molecule has 24 heavy (non-hydrogen) atoms. The van der Waals surface area contributed by atoms with Gasteiger partial charge >= 0.3 is 0 Å². The van der Waals surface area contributed by atoms with Crippen LogP contribution in [0.15, 0.2) is 48.5 Å². The minimum atomic E-state index is 0.546. The van der Waals surface area contributed by atoms with Gasteiger partial charge < -0.3 is 9.47 Å². The van der Waals surface area contributed by atoms with Gasteiger partial charge in [-0.05, 0) is 46.9 Å². The summed E-state index contributed by atoms with van der Waals surface area (Å²) in [5.74, 6) is 1.14. The van der Waals surface area contributed by atoms with Gasteiger partial charge in [-0.3, -0.25) is 0 Å². The third kappa shape index (κ3) is 5.19. The minimum Gasteiger partial charge on any atom is -0.380 e. The van der Waals surface area contributed by atoms with E-state index in [2.05, 4.69) is 62.4 Å². The van der Waals surface area contributed by atoms with Crippen molar-refractivity contribution in [2.75, 3.05) is 14.2 Å². The van der Waals surface area contributed by atoms with Crippen molar-refractivity contribution in [2.45, 2.75) is 51.7 Å². The van der Waals surface area contributed by atoms with Crippen LogP contribution < -0.4 is 0 Å². The zero-order valence-corrected chi connectivity index (χ0v) is 15.4. The first kappa shape index (κ1) is 18.7. The summed E-state index contributed by atoms with van der Waals surface area (Å²) < 4.78 is 10.4. The van der Waals surface area contributed by atoms with Crippen LogP contribution in [0.3, 0.4) is 0 Å². The van der Waals surface area contributed by atoms with E-state index in [1.54, 1.807) is 14.2 Å². The van der Waals surface area contributed by atoms with Gasteiger partial charge in [0.15, 0.2) is 0 Å². The van der Waals surface area contributed by atoms with Gasteiger partial charge in [-0.25, -0.2) is 0 Å². The largest absolute Gasteiger partial charge is 0.380 e. The second-order valence-electron chi connectivity index (χ2n) is 6.59. The van der Waals surface area contributed by atoms with Gasteiger partial charge in [-0.15, -0.1) is 0 Å². The summed E-state index contributed by atoms with van der Waals surface area (Å²) in [4.78, 5) is 0. The summed E-state index contributed by atoms with van der Waals surface area (Å²) in [6.45, 7) is 5.97. The highest BCUT2D eigenvalue weighted by Gasteiger charge is 2.15.